The highest BCUT2D eigenvalue weighted by molar-refractivity contribution is 9.10. The van der Waals surface area contributed by atoms with E-state index in [-0.39, 0.29) is 12.4 Å². The Morgan fingerprint density at radius 2 is 1.54 bits per heavy atom. The number of hydrogen-bond donors (Lipinski definition) is 2. The van der Waals surface area contributed by atoms with Crippen LogP contribution in [0.1, 0.15) is 11.1 Å². The van der Waals surface area contributed by atoms with Crippen molar-refractivity contribution in [1.29, 1.82) is 0 Å². The molecule has 2 N–H and O–H groups in total. The van der Waals surface area contributed by atoms with E-state index in [1.165, 1.54) is 12.1 Å². The van der Waals surface area contributed by atoms with Crippen LogP contribution in [0.4, 0.5) is 4.39 Å². The van der Waals surface area contributed by atoms with Gasteiger partial charge in [-0.3, -0.25) is 20.4 Å². The smallest absolute Gasteiger partial charge is 0.276 e. The molecule has 138 valence electrons. The molecule has 0 fully saturated rings. The molecule has 0 radical (unpaired) electrons. The van der Waals surface area contributed by atoms with Crippen molar-refractivity contribution < 1.29 is 23.5 Å². The maximum atomic E-state index is 13.6. The molecule has 0 atom stereocenters. The van der Waals surface area contributed by atoms with E-state index < -0.39 is 24.2 Å². The first-order valence-electron chi connectivity index (χ1n) is 7.70. The number of benzene rings is 2. The number of amides is 2. The van der Waals surface area contributed by atoms with Crippen LogP contribution >= 0.6 is 15.9 Å². The zero-order valence-electron chi connectivity index (χ0n) is 14.3. The highest BCUT2D eigenvalue weighted by Gasteiger charge is 2.09. The lowest BCUT2D eigenvalue weighted by Gasteiger charge is -2.11. The molecular weight excluding hydrogens is 407 g/mol. The Balaban J connectivity index is 1.72. The van der Waals surface area contributed by atoms with Crippen molar-refractivity contribution in [2.75, 3.05) is 13.2 Å². The number of aryl methyl sites for hydroxylation is 2. The molecular formula is C18H18BrFN2O4. The Morgan fingerprint density at radius 1 is 0.962 bits per heavy atom. The minimum absolute atomic E-state index is 0.0622. The van der Waals surface area contributed by atoms with E-state index in [2.05, 4.69) is 26.8 Å². The molecule has 0 saturated carbocycles. The molecule has 2 rings (SSSR count). The summed E-state index contributed by atoms with van der Waals surface area (Å²) in [6, 6.07) is 9.80. The van der Waals surface area contributed by atoms with Crippen LogP contribution in [-0.4, -0.2) is 25.0 Å². The van der Waals surface area contributed by atoms with Crippen molar-refractivity contribution in [3.8, 4) is 11.5 Å². The summed E-state index contributed by atoms with van der Waals surface area (Å²) in [5.74, 6) is -1.26. The minimum Gasteiger partial charge on any atom is -0.484 e. The van der Waals surface area contributed by atoms with Crippen LogP contribution in [0.5, 0.6) is 11.5 Å². The second-order valence-corrected chi connectivity index (χ2v) is 6.49. The van der Waals surface area contributed by atoms with Gasteiger partial charge in [-0.25, -0.2) is 4.39 Å². The van der Waals surface area contributed by atoms with E-state index in [0.29, 0.717) is 10.2 Å². The summed E-state index contributed by atoms with van der Waals surface area (Å²) in [4.78, 5) is 23.3. The fraction of sp³-hybridized carbons (Fsp3) is 0.222. The van der Waals surface area contributed by atoms with E-state index in [9.17, 15) is 14.0 Å². The van der Waals surface area contributed by atoms with Gasteiger partial charge in [0.15, 0.2) is 24.8 Å². The summed E-state index contributed by atoms with van der Waals surface area (Å²) in [5, 5.41) is 0. The summed E-state index contributed by atoms with van der Waals surface area (Å²) in [6.07, 6.45) is 0. The molecule has 6 nitrogen and oxygen atoms in total. The summed E-state index contributed by atoms with van der Waals surface area (Å²) in [5.41, 5.74) is 6.40. The third-order valence-electron chi connectivity index (χ3n) is 3.16. The molecule has 0 saturated heterocycles. The SMILES string of the molecule is Cc1cc(C)cc(OCC(=O)NNC(=O)COc2ccc(Br)cc2F)c1. The van der Waals surface area contributed by atoms with Crippen LogP contribution in [0.15, 0.2) is 40.9 Å². The lowest BCUT2D eigenvalue weighted by molar-refractivity contribution is -0.131. The van der Waals surface area contributed by atoms with Gasteiger partial charge in [-0.2, -0.15) is 0 Å². The molecule has 2 aromatic carbocycles. The van der Waals surface area contributed by atoms with Gasteiger partial charge in [0, 0.05) is 4.47 Å². The fourth-order valence-electron chi connectivity index (χ4n) is 2.11. The van der Waals surface area contributed by atoms with Gasteiger partial charge in [0.2, 0.25) is 0 Å². The quantitative estimate of drug-likeness (QED) is 0.698. The zero-order chi connectivity index (χ0) is 19.1. The average Bonchev–Trinajstić information content (AvgIpc) is 2.56. The first-order chi connectivity index (χ1) is 12.3. The largest absolute Gasteiger partial charge is 0.484 e. The van der Waals surface area contributed by atoms with Gasteiger partial charge in [-0.15, -0.1) is 0 Å². The van der Waals surface area contributed by atoms with Crippen molar-refractivity contribution in [2.24, 2.45) is 0 Å². The standard InChI is InChI=1S/C18H18BrFN2O4/c1-11-5-12(2)7-14(6-11)25-9-17(23)21-22-18(24)10-26-16-4-3-13(19)8-15(16)20/h3-8H,9-10H2,1-2H3,(H,21,23)(H,22,24). The highest BCUT2D eigenvalue weighted by atomic mass is 79.9. The molecule has 0 aliphatic heterocycles. The number of carbonyl (C=O) groups is 2. The van der Waals surface area contributed by atoms with Crippen LogP contribution in [0.2, 0.25) is 0 Å². The predicted molar refractivity (Wildman–Crippen MR) is 97.3 cm³/mol. The number of rotatable bonds is 6. The molecule has 8 heteroatoms. The molecule has 26 heavy (non-hydrogen) atoms. The van der Waals surface area contributed by atoms with Gasteiger partial charge in [0.1, 0.15) is 5.75 Å². The summed E-state index contributed by atoms with van der Waals surface area (Å²) < 4.78 is 24.5. The van der Waals surface area contributed by atoms with Crippen LogP contribution in [0, 0.1) is 19.7 Å². The highest BCUT2D eigenvalue weighted by Crippen LogP contribution is 2.21. The van der Waals surface area contributed by atoms with Crippen molar-refractivity contribution in [3.05, 3.63) is 57.8 Å². The minimum atomic E-state index is -0.632. The normalized spacial score (nSPS) is 10.2. The Labute approximate surface area is 158 Å². The van der Waals surface area contributed by atoms with Crippen molar-refractivity contribution in [1.82, 2.24) is 10.9 Å². The number of carbonyl (C=O) groups excluding carboxylic acids is 2. The van der Waals surface area contributed by atoms with Gasteiger partial charge >= 0.3 is 0 Å². The Hall–Kier alpha value is -2.61. The summed E-state index contributed by atoms with van der Waals surface area (Å²) >= 11 is 3.12. The third kappa shape index (κ3) is 6.36. The van der Waals surface area contributed by atoms with Crippen molar-refractivity contribution >= 4 is 27.7 Å². The maximum absolute atomic E-state index is 13.6. The Bertz CT molecular complexity index is 794. The third-order valence-corrected chi connectivity index (χ3v) is 3.65. The van der Waals surface area contributed by atoms with Crippen LogP contribution in [-0.2, 0) is 9.59 Å². The van der Waals surface area contributed by atoms with Crippen molar-refractivity contribution in [2.45, 2.75) is 13.8 Å². The van der Waals surface area contributed by atoms with Crippen LogP contribution in [0.25, 0.3) is 0 Å². The summed E-state index contributed by atoms with van der Waals surface area (Å²) in [6.45, 7) is 3.14. The molecule has 2 aromatic rings. The maximum Gasteiger partial charge on any atom is 0.276 e. The van der Waals surface area contributed by atoms with E-state index in [0.717, 1.165) is 11.1 Å². The number of halogens is 2. The van der Waals surface area contributed by atoms with Gasteiger partial charge in [-0.1, -0.05) is 22.0 Å². The van der Waals surface area contributed by atoms with Crippen LogP contribution < -0.4 is 20.3 Å². The van der Waals surface area contributed by atoms with Crippen LogP contribution in [0.3, 0.4) is 0 Å². The lowest BCUT2D eigenvalue weighted by Crippen LogP contribution is -2.45. The molecule has 0 bridgehead atoms. The Kier molecular flexibility index (Phi) is 6.97. The van der Waals surface area contributed by atoms with Gasteiger partial charge in [0.25, 0.3) is 11.8 Å². The van der Waals surface area contributed by atoms with Crippen molar-refractivity contribution in [3.63, 3.8) is 0 Å². The molecule has 0 aliphatic rings. The first-order valence-corrected chi connectivity index (χ1v) is 8.49. The van der Waals surface area contributed by atoms with E-state index in [1.54, 1.807) is 18.2 Å². The zero-order valence-corrected chi connectivity index (χ0v) is 15.9. The number of hydrogen-bond acceptors (Lipinski definition) is 4. The Morgan fingerprint density at radius 3 is 2.12 bits per heavy atom. The van der Waals surface area contributed by atoms with Gasteiger partial charge < -0.3 is 9.47 Å². The fourth-order valence-corrected chi connectivity index (χ4v) is 2.45. The number of ether oxygens (including phenoxy) is 2. The topological polar surface area (TPSA) is 76.7 Å². The molecule has 0 aromatic heterocycles. The summed E-state index contributed by atoms with van der Waals surface area (Å²) in [7, 11) is 0. The molecule has 0 aliphatic carbocycles. The van der Waals surface area contributed by atoms with E-state index in [1.807, 2.05) is 19.9 Å². The second kappa shape index (κ2) is 9.19. The van der Waals surface area contributed by atoms with Gasteiger partial charge in [0.05, 0.1) is 0 Å². The molecule has 2 amide bonds. The second-order valence-electron chi connectivity index (χ2n) is 5.57. The lowest BCUT2D eigenvalue weighted by atomic mass is 10.1. The molecule has 0 spiro atoms. The predicted octanol–water partition coefficient (Wildman–Crippen LogP) is 2.81. The number of nitrogens with one attached hydrogen (secondary N) is 2. The van der Waals surface area contributed by atoms with E-state index in [4.69, 9.17) is 9.47 Å². The van der Waals surface area contributed by atoms with Gasteiger partial charge in [-0.05, 0) is 55.3 Å². The molecule has 0 heterocycles. The molecule has 0 unspecified atom stereocenters. The monoisotopic (exact) mass is 424 g/mol. The van der Waals surface area contributed by atoms with E-state index >= 15 is 0 Å². The average molecular weight is 425 g/mol. The number of hydrazine groups is 1. The first kappa shape index (κ1) is 19.7.